The van der Waals surface area contributed by atoms with Gasteiger partial charge in [-0.1, -0.05) is 35.9 Å². The standard InChI is InChI=1S/C25H18Br2ClN3O3/c1-15-7-8-19(12-22(15)28)30-23(32)14-34-24-20(26)10-16(11-21(24)27)9-17(13-29)25(33)31-18-5-3-2-4-6-18/h2-12H,14H2,1H3,(H,30,32)(H,31,33)/b17-9+. The highest BCUT2D eigenvalue weighted by molar-refractivity contribution is 9.11. The first-order valence-electron chi connectivity index (χ1n) is 9.93. The summed E-state index contributed by atoms with van der Waals surface area (Å²) in [5.41, 5.74) is 2.60. The minimum atomic E-state index is -0.519. The van der Waals surface area contributed by atoms with Gasteiger partial charge in [0, 0.05) is 16.4 Å². The molecule has 9 heteroatoms. The second-order valence-electron chi connectivity index (χ2n) is 7.10. The molecule has 0 aliphatic rings. The van der Waals surface area contributed by atoms with Gasteiger partial charge in [0.15, 0.2) is 6.61 Å². The van der Waals surface area contributed by atoms with Crippen molar-refractivity contribution < 1.29 is 14.3 Å². The van der Waals surface area contributed by atoms with Crippen LogP contribution in [0.25, 0.3) is 6.08 Å². The number of anilines is 2. The van der Waals surface area contributed by atoms with Crippen LogP contribution in [-0.2, 0) is 9.59 Å². The molecule has 6 nitrogen and oxygen atoms in total. The van der Waals surface area contributed by atoms with Crippen molar-refractivity contribution in [3.05, 3.63) is 91.3 Å². The Morgan fingerprint density at radius 1 is 1.03 bits per heavy atom. The summed E-state index contributed by atoms with van der Waals surface area (Å²) in [6, 6.07) is 19.4. The Morgan fingerprint density at radius 2 is 1.71 bits per heavy atom. The molecule has 3 rings (SSSR count). The third-order valence-electron chi connectivity index (χ3n) is 4.53. The fraction of sp³-hybridized carbons (Fsp3) is 0.0800. The van der Waals surface area contributed by atoms with E-state index in [0.717, 1.165) is 5.56 Å². The molecule has 0 saturated carbocycles. The van der Waals surface area contributed by atoms with Gasteiger partial charge in [-0.15, -0.1) is 0 Å². The minimum absolute atomic E-state index is 0.0625. The molecule has 0 radical (unpaired) electrons. The highest BCUT2D eigenvalue weighted by Gasteiger charge is 2.14. The summed E-state index contributed by atoms with van der Waals surface area (Å²) in [7, 11) is 0. The average Bonchev–Trinajstić information content (AvgIpc) is 2.80. The number of hydrogen-bond donors (Lipinski definition) is 2. The molecule has 3 aromatic rings. The molecule has 0 aromatic heterocycles. The fourth-order valence-corrected chi connectivity index (χ4v) is 4.47. The number of nitrogens with zero attached hydrogens (tertiary/aromatic N) is 1. The zero-order valence-electron chi connectivity index (χ0n) is 17.9. The number of nitrogens with one attached hydrogen (secondary N) is 2. The van der Waals surface area contributed by atoms with Crippen LogP contribution in [0, 0.1) is 18.3 Å². The van der Waals surface area contributed by atoms with E-state index in [2.05, 4.69) is 42.5 Å². The van der Waals surface area contributed by atoms with E-state index in [1.165, 1.54) is 6.08 Å². The first kappa shape index (κ1) is 25.5. The Morgan fingerprint density at radius 3 is 2.32 bits per heavy atom. The molecule has 0 aliphatic heterocycles. The Labute approximate surface area is 218 Å². The van der Waals surface area contributed by atoms with Gasteiger partial charge >= 0.3 is 0 Å². The van der Waals surface area contributed by atoms with Gasteiger partial charge in [0.25, 0.3) is 11.8 Å². The summed E-state index contributed by atoms with van der Waals surface area (Å²) < 4.78 is 6.75. The molecule has 0 saturated heterocycles. The molecule has 34 heavy (non-hydrogen) atoms. The predicted molar refractivity (Wildman–Crippen MR) is 141 cm³/mol. The fourth-order valence-electron chi connectivity index (χ4n) is 2.84. The number of rotatable bonds is 7. The second-order valence-corrected chi connectivity index (χ2v) is 9.22. The summed E-state index contributed by atoms with van der Waals surface area (Å²) in [6.07, 6.45) is 1.46. The van der Waals surface area contributed by atoms with Crippen LogP contribution < -0.4 is 15.4 Å². The molecule has 0 heterocycles. The van der Waals surface area contributed by atoms with Crippen LogP contribution in [0.3, 0.4) is 0 Å². The summed E-state index contributed by atoms with van der Waals surface area (Å²) in [6.45, 7) is 1.64. The van der Waals surface area contributed by atoms with Crippen molar-refractivity contribution in [1.82, 2.24) is 0 Å². The van der Waals surface area contributed by atoms with Crippen molar-refractivity contribution in [2.24, 2.45) is 0 Å². The Hall–Kier alpha value is -3.12. The number of amides is 2. The van der Waals surface area contributed by atoms with E-state index in [4.69, 9.17) is 16.3 Å². The number of carbonyl (C=O) groups is 2. The van der Waals surface area contributed by atoms with Crippen molar-refractivity contribution in [2.45, 2.75) is 6.92 Å². The molecular formula is C25H18Br2ClN3O3. The van der Waals surface area contributed by atoms with Crippen molar-refractivity contribution >= 4 is 72.7 Å². The summed E-state index contributed by atoms with van der Waals surface area (Å²) in [4.78, 5) is 24.7. The molecule has 172 valence electrons. The van der Waals surface area contributed by atoms with Crippen molar-refractivity contribution in [2.75, 3.05) is 17.2 Å². The van der Waals surface area contributed by atoms with Crippen LogP contribution in [0.2, 0.25) is 5.02 Å². The van der Waals surface area contributed by atoms with Crippen LogP contribution in [-0.4, -0.2) is 18.4 Å². The monoisotopic (exact) mass is 601 g/mol. The van der Waals surface area contributed by atoms with Gasteiger partial charge in [-0.2, -0.15) is 5.26 Å². The van der Waals surface area contributed by atoms with E-state index in [-0.39, 0.29) is 18.1 Å². The lowest BCUT2D eigenvalue weighted by Gasteiger charge is -2.12. The number of hydrogen-bond acceptors (Lipinski definition) is 4. The quantitative estimate of drug-likeness (QED) is 0.231. The molecule has 0 fully saturated rings. The lowest BCUT2D eigenvalue weighted by molar-refractivity contribution is -0.118. The lowest BCUT2D eigenvalue weighted by Crippen LogP contribution is -2.20. The number of benzene rings is 3. The van der Waals surface area contributed by atoms with Crippen molar-refractivity contribution in [1.29, 1.82) is 5.26 Å². The van der Waals surface area contributed by atoms with Gasteiger partial charge in [-0.05, 0) is 92.4 Å². The zero-order chi connectivity index (χ0) is 24.7. The Bertz CT molecular complexity index is 1280. The largest absolute Gasteiger partial charge is 0.481 e. The second kappa shape index (κ2) is 11.8. The molecule has 0 unspecified atom stereocenters. The zero-order valence-corrected chi connectivity index (χ0v) is 21.8. The van der Waals surface area contributed by atoms with Crippen molar-refractivity contribution in [3.63, 3.8) is 0 Å². The maximum atomic E-state index is 12.4. The van der Waals surface area contributed by atoms with Crippen LogP contribution in [0.15, 0.2) is 75.2 Å². The van der Waals surface area contributed by atoms with E-state index in [0.29, 0.717) is 36.7 Å². The predicted octanol–water partition coefficient (Wildman–Crippen LogP) is 6.74. The van der Waals surface area contributed by atoms with E-state index in [1.807, 2.05) is 25.1 Å². The van der Waals surface area contributed by atoms with Crippen LogP contribution in [0.5, 0.6) is 5.75 Å². The normalized spacial score (nSPS) is 10.9. The van der Waals surface area contributed by atoms with Crippen LogP contribution in [0.4, 0.5) is 11.4 Å². The maximum absolute atomic E-state index is 12.4. The molecule has 3 aromatic carbocycles. The number of halogens is 3. The van der Waals surface area contributed by atoms with Gasteiger partial charge in [-0.25, -0.2) is 0 Å². The molecule has 2 N–H and O–H groups in total. The SMILES string of the molecule is Cc1ccc(NC(=O)COc2c(Br)cc(/C=C(\C#N)C(=O)Nc3ccccc3)cc2Br)cc1Cl. The van der Waals surface area contributed by atoms with E-state index < -0.39 is 5.91 Å². The van der Waals surface area contributed by atoms with E-state index >= 15 is 0 Å². The third-order valence-corrected chi connectivity index (χ3v) is 6.12. The van der Waals surface area contributed by atoms with Gasteiger partial charge in [-0.3, -0.25) is 9.59 Å². The minimum Gasteiger partial charge on any atom is -0.481 e. The number of ether oxygens (including phenoxy) is 1. The molecule has 0 atom stereocenters. The summed E-state index contributed by atoms with van der Waals surface area (Å²) in [5.74, 6) is -0.470. The molecule has 0 spiro atoms. The topological polar surface area (TPSA) is 91.2 Å². The number of para-hydroxylation sites is 1. The third kappa shape index (κ3) is 6.94. The highest BCUT2D eigenvalue weighted by Crippen LogP contribution is 2.35. The number of carbonyl (C=O) groups excluding carboxylic acids is 2. The maximum Gasteiger partial charge on any atom is 0.266 e. The van der Waals surface area contributed by atoms with Gasteiger partial charge < -0.3 is 15.4 Å². The van der Waals surface area contributed by atoms with Crippen molar-refractivity contribution in [3.8, 4) is 11.8 Å². The molecule has 0 aliphatic carbocycles. The first-order valence-corrected chi connectivity index (χ1v) is 11.9. The molecule has 2 amide bonds. The Kier molecular flexibility index (Phi) is 8.88. The highest BCUT2D eigenvalue weighted by atomic mass is 79.9. The van der Waals surface area contributed by atoms with Gasteiger partial charge in [0.2, 0.25) is 0 Å². The molecule has 0 bridgehead atoms. The average molecular weight is 604 g/mol. The van der Waals surface area contributed by atoms with Crippen LogP contribution in [0.1, 0.15) is 11.1 Å². The Balaban J connectivity index is 1.68. The number of aryl methyl sites for hydroxylation is 1. The van der Waals surface area contributed by atoms with Gasteiger partial charge in [0.05, 0.1) is 8.95 Å². The van der Waals surface area contributed by atoms with E-state index in [9.17, 15) is 14.9 Å². The molecular weight excluding hydrogens is 586 g/mol. The first-order chi connectivity index (χ1) is 16.3. The summed E-state index contributed by atoms with van der Waals surface area (Å²) in [5, 5.41) is 15.4. The van der Waals surface area contributed by atoms with Gasteiger partial charge in [0.1, 0.15) is 17.4 Å². The smallest absolute Gasteiger partial charge is 0.266 e. The lowest BCUT2D eigenvalue weighted by atomic mass is 10.1. The van der Waals surface area contributed by atoms with Crippen LogP contribution >= 0.6 is 43.5 Å². The van der Waals surface area contributed by atoms with E-state index in [1.54, 1.807) is 48.5 Å². The summed E-state index contributed by atoms with van der Waals surface area (Å²) >= 11 is 12.9. The number of nitriles is 1.